The van der Waals surface area contributed by atoms with Crippen LogP contribution in [0.4, 0.5) is 0 Å². The second-order valence-corrected chi connectivity index (χ2v) is 17.2. The Morgan fingerprint density at radius 3 is 2.46 bits per heavy atom. The minimum atomic E-state index is -1.04. The number of aliphatic hydroxyl groups is 2. The summed E-state index contributed by atoms with van der Waals surface area (Å²) >= 11 is 3.57. The molecule has 0 aromatic heterocycles. The van der Waals surface area contributed by atoms with Crippen molar-refractivity contribution in [3.05, 3.63) is 121 Å². The average Bonchev–Trinajstić information content (AvgIpc) is 3.23. The van der Waals surface area contributed by atoms with Gasteiger partial charge >= 0.3 is 0 Å². The van der Waals surface area contributed by atoms with Gasteiger partial charge in [-0.3, -0.25) is 0 Å². The lowest BCUT2D eigenvalue weighted by Crippen LogP contribution is -2.64. The molecule has 1 saturated carbocycles. The molecule has 9 heteroatoms. The van der Waals surface area contributed by atoms with Gasteiger partial charge in [-0.15, -0.1) is 30.1 Å². The van der Waals surface area contributed by atoms with Gasteiger partial charge < -0.3 is 29.3 Å². The van der Waals surface area contributed by atoms with E-state index >= 15 is 0 Å². The molecule has 3 aliphatic rings. The minimum Gasteiger partial charge on any atom is -0.493 e. The molecule has 6 atom stereocenters. The SMILES string of the molecule is C=CCOC12Oc3ccc(OCCSc4ccccc4)cc3C3C(CCCCO)C(CCCCO)C=C(C(=NOCC)CC1Sc1ccc4ccccc4c1)C32. The van der Waals surface area contributed by atoms with E-state index in [1.807, 2.05) is 25.1 Å². The van der Waals surface area contributed by atoms with E-state index in [0.717, 1.165) is 77.5 Å². The number of hydrogen-bond acceptors (Lipinski definition) is 9. The van der Waals surface area contributed by atoms with Crippen LogP contribution in [0.5, 0.6) is 11.5 Å². The number of hydrogen-bond donors (Lipinski definition) is 2. The lowest BCUT2D eigenvalue weighted by Gasteiger charge is -2.58. The summed E-state index contributed by atoms with van der Waals surface area (Å²) in [5.41, 5.74) is 3.20. The van der Waals surface area contributed by atoms with Gasteiger partial charge in [0.05, 0.1) is 30.1 Å². The van der Waals surface area contributed by atoms with Gasteiger partial charge in [0.1, 0.15) is 18.1 Å². The van der Waals surface area contributed by atoms with E-state index < -0.39 is 5.79 Å². The van der Waals surface area contributed by atoms with Crippen molar-refractivity contribution in [2.24, 2.45) is 22.9 Å². The molecule has 1 aliphatic heterocycles. The fraction of sp³-hybridized carbons (Fsp3) is 0.426. The summed E-state index contributed by atoms with van der Waals surface area (Å²) in [5, 5.41) is 26.8. The maximum atomic E-state index is 9.92. The summed E-state index contributed by atoms with van der Waals surface area (Å²) in [7, 11) is 0. The summed E-state index contributed by atoms with van der Waals surface area (Å²) in [6.45, 7) is 7.75. The number of unbranched alkanes of at least 4 members (excludes halogenated alkanes) is 2. The zero-order chi connectivity index (χ0) is 38.7. The summed E-state index contributed by atoms with van der Waals surface area (Å²) in [5.74, 6) is 1.69. The number of fused-ring (bicyclic) bond motifs is 3. The summed E-state index contributed by atoms with van der Waals surface area (Å²) < 4.78 is 20.9. The maximum Gasteiger partial charge on any atom is 0.231 e. The third-order valence-corrected chi connectivity index (χ3v) is 13.6. The van der Waals surface area contributed by atoms with Crippen molar-refractivity contribution < 1.29 is 29.3 Å². The van der Waals surface area contributed by atoms with E-state index in [4.69, 9.17) is 24.2 Å². The van der Waals surface area contributed by atoms with E-state index in [1.165, 1.54) is 15.7 Å². The van der Waals surface area contributed by atoms with Crippen LogP contribution in [0.2, 0.25) is 0 Å². The first kappa shape index (κ1) is 40.5. The van der Waals surface area contributed by atoms with Crippen molar-refractivity contribution in [1.29, 1.82) is 0 Å². The van der Waals surface area contributed by atoms with Crippen LogP contribution in [0.1, 0.15) is 63.4 Å². The molecule has 2 N–H and O–H groups in total. The minimum absolute atomic E-state index is 0.00968. The topological polar surface area (TPSA) is 89.7 Å². The Bertz CT molecular complexity index is 1970. The van der Waals surface area contributed by atoms with Gasteiger partial charge in [0.2, 0.25) is 5.79 Å². The molecule has 0 amide bonds. The summed E-state index contributed by atoms with van der Waals surface area (Å²) in [4.78, 5) is 8.25. The first-order valence-electron chi connectivity index (χ1n) is 20.2. The number of thioether (sulfide) groups is 2. The second kappa shape index (κ2) is 19.6. The van der Waals surface area contributed by atoms with Crippen molar-refractivity contribution >= 4 is 40.0 Å². The van der Waals surface area contributed by atoms with Crippen LogP contribution in [0.15, 0.2) is 130 Å². The number of aliphatic hydroxyl groups excluding tert-OH is 2. The molecular formula is C47H55NO6S2. The third-order valence-electron chi connectivity index (χ3n) is 11.3. The fourth-order valence-electron chi connectivity index (χ4n) is 8.90. The van der Waals surface area contributed by atoms with Crippen molar-refractivity contribution in [3.63, 3.8) is 0 Å². The summed E-state index contributed by atoms with van der Waals surface area (Å²) in [6.07, 6.45) is 10.1. The Morgan fingerprint density at radius 2 is 1.68 bits per heavy atom. The van der Waals surface area contributed by atoms with Gasteiger partial charge in [-0.25, -0.2) is 0 Å². The highest BCUT2D eigenvalue weighted by atomic mass is 32.2. The Labute approximate surface area is 340 Å². The Kier molecular flexibility index (Phi) is 14.2. The van der Waals surface area contributed by atoms with E-state index in [1.54, 1.807) is 23.5 Å². The molecule has 0 radical (unpaired) electrons. The van der Waals surface area contributed by atoms with Crippen LogP contribution in [-0.4, -0.2) is 65.7 Å². The normalized spacial score (nSPS) is 24.5. The van der Waals surface area contributed by atoms with E-state index in [2.05, 4.69) is 91.5 Å². The van der Waals surface area contributed by atoms with Crippen LogP contribution < -0.4 is 9.47 Å². The molecule has 1 fully saturated rings. The molecule has 6 unspecified atom stereocenters. The molecule has 2 aliphatic carbocycles. The summed E-state index contributed by atoms with van der Waals surface area (Å²) in [6, 6.07) is 31.8. The monoisotopic (exact) mass is 793 g/mol. The lowest BCUT2D eigenvalue weighted by atomic mass is 9.56. The first-order valence-corrected chi connectivity index (χ1v) is 22.1. The highest BCUT2D eigenvalue weighted by Gasteiger charge is 2.64. The largest absolute Gasteiger partial charge is 0.493 e. The van der Waals surface area contributed by atoms with Crippen LogP contribution in [0, 0.1) is 17.8 Å². The third kappa shape index (κ3) is 9.03. The van der Waals surface area contributed by atoms with Crippen LogP contribution >= 0.6 is 23.5 Å². The molecule has 1 heterocycles. The van der Waals surface area contributed by atoms with E-state index in [0.29, 0.717) is 26.2 Å². The van der Waals surface area contributed by atoms with Gasteiger partial charge in [-0.05, 0) is 103 Å². The fourth-order valence-corrected chi connectivity index (χ4v) is 11.0. The van der Waals surface area contributed by atoms with Crippen LogP contribution in [0.25, 0.3) is 10.8 Å². The Morgan fingerprint density at radius 1 is 0.893 bits per heavy atom. The number of allylic oxidation sites excluding steroid dienone is 1. The smallest absolute Gasteiger partial charge is 0.231 e. The zero-order valence-electron chi connectivity index (χ0n) is 32.4. The first-order chi connectivity index (χ1) is 27.6. The Balaban J connectivity index is 1.34. The number of ether oxygens (including phenoxy) is 3. The van der Waals surface area contributed by atoms with Crippen molar-refractivity contribution in [2.75, 3.05) is 38.8 Å². The van der Waals surface area contributed by atoms with Gasteiger partial charge in [0, 0.05) is 46.7 Å². The molecule has 7 rings (SSSR count). The quantitative estimate of drug-likeness (QED) is 0.0396. The van der Waals surface area contributed by atoms with Gasteiger partial charge in [0.15, 0.2) is 0 Å². The van der Waals surface area contributed by atoms with E-state index in [9.17, 15) is 10.2 Å². The van der Waals surface area contributed by atoms with Gasteiger partial charge in [0.25, 0.3) is 0 Å². The average molecular weight is 794 g/mol. The number of benzene rings is 4. The molecule has 4 aromatic rings. The van der Waals surface area contributed by atoms with Gasteiger partial charge in [-0.2, -0.15) is 0 Å². The van der Waals surface area contributed by atoms with Crippen molar-refractivity contribution in [1.82, 2.24) is 0 Å². The zero-order valence-corrected chi connectivity index (χ0v) is 34.0. The second-order valence-electron chi connectivity index (χ2n) is 14.8. The molecule has 0 bridgehead atoms. The molecule has 0 saturated heterocycles. The predicted molar refractivity (Wildman–Crippen MR) is 229 cm³/mol. The van der Waals surface area contributed by atoms with Crippen molar-refractivity contribution in [2.45, 2.75) is 78.6 Å². The van der Waals surface area contributed by atoms with Gasteiger partial charge in [-0.1, -0.05) is 78.7 Å². The molecule has 7 nitrogen and oxygen atoms in total. The molecule has 56 heavy (non-hydrogen) atoms. The molecule has 296 valence electrons. The van der Waals surface area contributed by atoms with Crippen LogP contribution in [0.3, 0.4) is 0 Å². The highest BCUT2D eigenvalue weighted by molar-refractivity contribution is 8.00. The number of rotatable bonds is 20. The standard InChI is InChI=1S/C47H55NO6S2/c1-3-26-52-47-44(56-38-22-20-33-14-8-9-15-34(33)29-38)32-42(48-53-4-2)40-30-35(16-10-12-24-49)39(19-11-13-25-50)45(46(40)47)41-31-36(21-23-43(41)54-47)51-27-28-55-37-17-6-5-7-18-37/h3,5-9,14-15,17-18,20-23,29-31,35,39,44-46,49-50H,1,4,10-13,16,19,24-28,32H2,2H3. The number of oxime groups is 1. The predicted octanol–water partition coefficient (Wildman–Crippen LogP) is 10.5. The molecular weight excluding hydrogens is 739 g/mol. The highest BCUT2D eigenvalue weighted by Crippen LogP contribution is 2.63. The van der Waals surface area contributed by atoms with Crippen LogP contribution in [-0.2, 0) is 9.57 Å². The van der Waals surface area contributed by atoms with Crippen molar-refractivity contribution in [3.8, 4) is 11.5 Å². The maximum absolute atomic E-state index is 9.92. The van der Waals surface area contributed by atoms with E-state index in [-0.39, 0.29) is 42.1 Å². The Hall–Kier alpha value is -3.73. The number of nitrogens with zero attached hydrogens (tertiary/aromatic N) is 1. The molecule has 0 spiro atoms. The lowest BCUT2D eigenvalue weighted by molar-refractivity contribution is -0.223. The molecule has 4 aromatic carbocycles.